The number of anilines is 1. The first-order valence-electron chi connectivity index (χ1n) is 4.31. The van der Waals surface area contributed by atoms with Crippen molar-refractivity contribution in [2.45, 2.75) is 26.4 Å². The summed E-state index contributed by atoms with van der Waals surface area (Å²) in [5, 5.41) is 7.25. The molecule has 0 atom stereocenters. The van der Waals surface area contributed by atoms with Crippen LogP contribution in [0, 0.1) is 0 Å². The van der Waals surface area contributed by atoms with Crippen molar-refractivity contribution in [3.8, 4) is 0 Å². The van der Waals surface area contributed by atoms with Gasteiger partial charge in [-0.05, 0) is 42.8 Å². The second-order valence-electron chi connectivity index (χ2n) is 3.96. The van der Waals surface area contributed by atoms with E-state index < -0.39 is 11.6 Å². The lowest BCUT2D eigenvalue weighted by Gasteiger charge is -2.18. The SMILES string of the molecule is CC(C)(C)OC(=O)c1cc(Br)c(N)nn1. The molecule has 0 saturated carbocycles. The second kappa shape index (κ2) is 4.14. The largest absolute Gasteiger partial charge is 0.455 e. The summed E-state index contributed by atoms with van der Waals surface area (Å²) in [7, 11) is 0. The number of aromatic nitrogens is 2. The molecule has 0 spiro atoms. The molecule has 1 heterocycles. The highest BCUT2D eigenvalue weighted by Crippen LogP contribution is 2.17. The Hall–Kier alpha value is -1.17. The minimum Gasteiger partial charge on any atom is -0.455 e. The summed E-state index contributed by atoms with van der Waals surface area (Å²) in [5.41, 5.74) is 5.03. The van der Waals surface area contributed by atoms with Crippen LogP contribution < -0.4 is 5.73 Å². The summed E-state index contributed by atoms with van der Waals surface area (Å²) in [6.07, 6.45) is 0. The number of hydrogen-bond acceptors (Lipinski definition) is 5. The van der Waals surface area contributed by atoms with Crippen molar-refractivity contribution in [3.05, 3.63) is 16.2 Å². The third-order valence-corrected chi connectivity index (χ3v) is 2.02. The maximum atomic E-state index is 11.5. The minimum absolute atomic E-state index is 0.131. The highest BCUT2D eigenvalue weighted by Gasteiger charge is 2.19. The van der Waals surface area contributed by atoms with Crippen molar-refractivity contribution >= 4 is 27.7 Å². The Bertz CT molecular complexity index is 387. The van der Waals surface area contributed by atoms with Crippen LogP contribution in [0.2, 0.25) is 0 Å². The van der Waals surface area contributed by atoms with Gasteiger partial charge in [0.25, 0.3) is 0 Å². The summed E-state index contributed by atoms with van der Waals surface area (Å²) >= 11 is 3.16. The number of nitrogens with two attached hydrogens (primary N) is 1. The number of rotatable bonds is 1. The maximum absolute atomic E-state index is 11.5. The molecule has 6 heteroatoms. The van der Waals surface area contributed by atoms with Crippen LogP contribution in [0.4, 0.5) is 5.82 Å². The van der Waals surface area contributed by atoms with Crippen molar-refractivity contribution in [1.82, 2.24) is 10.2 Å². The quantitative estimate of drug-likeness (QED) is 0.790. The van der Waals surface area contributed by atoms with E-state index in [1.165, 1.54) is 6.07 Å². The molecule has 5 nitrogen and oxygen atoms in total. The van der Waals surface area contributed by atoms with E-state index in [4.69, 9.17) is 10.5 Å². The van der Waals surface area contributed by atoms with E-state index >= 15 is 0 Å². The van der Waals surface area contributed by atoms with Crippen LogP contribution in [0.3, 0.4) is 0 Å². The topological polar surface area (TPSA) is 78.1 Å². The van der Waals surface area contributed by atoms with Crippen LogP contribution in [0.25, 0.3) is 0 Å². The molecule has 0 unspecified atom stereocenters. The molecule has 0 bridgehead atoms. The van der Waals surface area contributed by atoms with Crippen LogP contribution >= 0.6 is 15.9 Å². The van der Waals surface area contributed by atoms with Gasteiger partial charge in [0.1, 0.15) is 5.60 Å². The Kier molecular flexibility index (Phi) is 3.28. The Balaban J connectivity index is 2.88. The van der Waals surface area contributed by atoms with E-state index in [0.717, 1.165) is 0 Å². The number of ether oxygens (including phenoxy) is 1. The van der Waals surface area contributed by atoms with Gasteiger partial charge in [0.05, 0.1) is 4.47 Å². The Morgan fingerprint density at radius 2 is 2.07 bits per heavy atom. The van der Waals surface area contributed by atoms with Crippen molar-refractivity contribution < 1.29 is 9.53 Å². The van der Waals surface area contributed by atoms with Crippen LogP contribution in [0.1, 0.15) is 31.3 Å². The van der Waals surface area contributed by atoms with Gasteiger partial charge >= 0.3 is 5.97 Å². The van der Waals surface area contributed by atoms with Gasteiger partial charge in [0, 0.05) is 0 Å². The molecule has 0 aromatic carbocycles. The van der Waals surface area contributed by atoms with Gasteiger partial charge in [-0.25, -0.2) is 4.79 Å². The van der Waals surface area contributed by atoms with Gasteiger partial charge in [-0.1, -0.05) is 0 Å². The molecule has 15 heavy (non-hydrogen) atoms. The fourth-order valence-corrected chi connectivity index (χ4v) is 1.10. The predicted octanol–water partition coefficient (Wildman–Crippen LogP) is 1.78. The first-order chi connectivity index (χ1) is 6.79. The Morgan fingerprint density at radius 3 is 2.53 bits per heavy atom. The van der Waals surface area contributed by atoms with E-state index in [-0.39, 0.29) is 11.5 Å². The molecule has 0 radical (unpaired) electrons. The fourth-order valence-electron chi connectivity index (χ4n) is 0.808. The van der Waals surface area contributed by atoms with Gasteiger partial charge in [0.2, 0.25) is 0 Å². The van der Waals surface area contributed by atoms with E-state index in [1.807, 2.05) is 0 Å². The fraction of sp³-hybridized carbons (Fsp3) is 0.444. The molecular weight excluding hydrogens is 262 g/mol. The molecule has 82 valence electrons. The molecule has 2 N–H and O–H groups in total. The van der Waals surface area contributed by atoms with Crippen molar-refractivity contribution in [3.63, 3.8) is 0 Å². The standard InChI is InChI=1S/C9H12BrN3O2/c1-9(2,3)15-8(14)6-4-5(10)7(11)13-12-6/h4H,1-3H3,(H2,11,13). The monoisotopic (exact) mass is 273 g/mol. The first kappa shape index (κ1) is 11.9. The smallest absolute Gasteiger partial charge is 0.359 e. The lowest BCUT2D eigenvalue weighted by Crippen LogP contribution is -2.24. The number of hydrogen-bond donors (Lipinski definition) is 1. The lowest BCUT2D eigenvalue weighted by molar-refractivity contribution is 0.00616. The summed E-state index contributed by atoms with van der Waals surface area (Å²) in [6, 6.07) is 1.48. The normalized spacial score (nSPS) is 11.2. The van der Waals surface area contributed by atoms with Crippen LogP contribution in [0.5, 0.6) is 0 Å². The molecule has 1 rings (SSSR count). The zero-order valence-corrected chi connectivity index (χ0v) is 10.3. The molecule has 0 aliphatic carbocycles. The molecule has 0 saturated heterocycles. The van der Waals surface area contributed by atoms with E-state index in [1.54, 1.807) is 20.8 Å². The third kappa shape index (κ3) is 3.47. The van der Waals surface area contributed by atoms with Gasteiger partial charge in [-0.3, -0.25) is 0 Å². The molecule has 0 aliphatic heterocycles. The third-order valence-electron chi connectivity index (χ3n) is 1.38. The van der Waals surface area contributed by atoms with Crippen molar-refractivity contribution in [2.24, 2.45) is 0 Å². The van der Waals surface area contributed by atoms with Gasteiger partial charge < -0.3 is 10.5 Å². The average Bonchev–Trinajstić information content (AvgIpc) is 2.06. The number of carbonyl (C=O) groups excluding carboxylic acids is 1. The average molecular weight is 274 g/mol. The summed E-state index contributed by atoms with van der Waals surface area (Å²) < 4.78 is 5.64. The number of nitrogen functional groups attached to an aromatic ring is 1. The number of carbonyl (C=O) groups is 1. The summed E-state index contributed by atoms with van der Waals surface area (Å²) in [5.74, 6) is -0.280. The maximum Gasteiger partial charge on any atom is 0.359 e. The van der Waals surface area contributed by atoms with E-state index in [2.05, 4.69) is 26.1 Å². The summed E-state index contributed by atoms with van der Waals surface area (Å²) in [6.45, 7) is 5.35. The van der Waals surface area contributed by atoms with Crippen molar-refractivity contribution in [1.29, 1.82) is 0 Å². The molecule has 1 aromatic heterocycles. The summed E-state index contributed by atoms with van der Waals surface area (Å²) in [4.78, 5) is 11.5. The van der Waals surface area contributed by atoms with E-state index in [0.29, 0.717) is 4.47 Å². The number of esters is 1. The van der Waals surface area contributed by atoms with Crippen molar-refractivity contribution in [2.75, 3.05) is 5.73 Å². The second-order valence-corrected chi connectivity index (χ2v) is 4.82. The Labute approximate surface area is 96.1 Å². The van der Waals surface area contributed by atoms with Crippen LogP contribution in [-0.4, -0.2) is 21.8 Å². The number of halogens is 1. The molecule has 0 amide bonds. The highest BCUT2D eigenvalue weighted by atomic mass is 79.9. The number of nitrogens with zero attached hydrogens (tertiary/aromatic N) is 2. The van der Waals surface area contributed by atoms with Gasteiger partial charge in [-0.15, -0.1) is 10.2 Å². The molecular formula is C9H12BrN3O2. The van der Waals surface area contributed by atoms with Crippen LogP contribution in [-0.2, 0) is 4.74 Å². The van der Waals surface area contributed by atoms with Gasteiger partial charge in [0.15, 0.2) is 11.5 Å². The lowest BCUT2D eigenvalue weighted by atomic mass is 10.2. The molecule has 0 aliphatic rings. The van der Waals surface area contributed by atoms with Gasteiger partial charge in [-0.2, -0.15) is 0 Å². The highest BCUT2D eigenvalue weighted by molar-refractivity contribution is 9.10. The van der Waals surface area contributed by atoms with Crippen LogP contribution in [0.15, 0.2) is 10.5 Å². The predicted molar refractivity (Wildman–Crippen MR) is 59.3 cm³/mol. The first-order valence-corrected chi connectivity index (χ1v) is 5.11. The Morgan fingerprint density at radius 1 is 1.47 bits per heavy atom. The zero-order valence-electron chi connectivity index (χ0n) is 8.74. The molecule has 0 fully saturated rings. The van der Waals surface area contributed by atoms with E-state index in [9.17, 15) is 4.79 Å². The zero-order chi connectivity index (χ0) is 11.6. The molecule has 1 aromatic rings. The minimum atomic E-state index is -0.549.